The van der Waals surface area contributed by atoms with Gasteiger partial charge in [0.15, 0.2) is 0 Å². The maximum Gasteiger partial charge on any atom is 0.0937 e. The van der Waals surface area contributed by atoms with Crippen LogP contribution in [0.1, 0.15) is 10.6 Å². The van der Waals surface area contributed by atoms with Gasteiger partial charge in [0.25, 0.3) is 0 Å². The van der Waals surface area contributed by atoms with Gasteiger partial charge in [0, 0.05) is 41.1 Å². The van der Waals surface area contributed by atoms with Gasteiger partial charge in [-0.2, -0.15) is 0 Å². The van der Waals surface area contributed by atoms with Crippen molar-refractivity contribution in [2.45, 2.75) is 13.0 Å². The van der Waals surface area contributed by atoms with E-state index in [4.69, 9.17) is 23.2 Å². The molecule has 2 nitrogen and oxygen atoms in total. The molecule has 2 aromatic rings. The minimum absolute atomic E-state index is 0.668. The smallest absolute Gasteiger partial charge is 0.0937 e. The Morgan fingerprint density at radius 3 is 2.88 bits per heavy atom. The monoisotopic (exact) mass is 286 g/mol. The Hall–Kier alpha value is -0.610. The van der Waals surface area contributed by atoms with E-state index >= 15 is 0 Å². The van der Waals surface area contributed by atoms with Crippen molar-refractivity contribution in [1.82, 2.24) is 10.3 Å². The van der Waals surface area contributed by atoms with Gasteiger partial charge in [0.2, 0.25) is 0 Å². The Labute approximate surface area is 115 Å². The quantitative estimate of drug-likeness (QED) is 0.846. The molecular formula is C12H12Cl2N2S. The zero-order valence-electron chi connectivity index (χ0n) is 9.12. The number of benzene rings is 1. The van der Waals surface area contributed by atoms with Gasteiger partial charge in [-0.05, 0) is 17.7 Å². The number of nitrogens with one attached hydrogen (secondary N) is 1. The molecule has 0 fully saturated rings. The zero-order valence-corrected chi connectivity index (χ0v) is 11.4. The molecule has 1 N–H and O–H groups in total. The minimum atomic E-state index is 0.668. The molecule has 0 aliphatic carbocycles. The summed E-state index contributed by atoms with van der Waals surface area (Å²) in [5.74, 6) is 0. The molecule has 90 valence electrons. The fraction of sp³-hybridized carbons (Fsp3) is 0.250. The lowest BCUT2D eigenvalue weighted by atomic mass is 10.2. The zero-order chi connectivity index (χ0) is 12.1. The lowest BCUT2D eigenvalue weighted by Gasteiger charge is -2.06. The molecule has 0 amide bonds. The normalized spacial score (nSPS) is 10.7. The van der Waals surface area contributed by atoms with Gasteiger partial charge in [0.05, 0.1) is 5.01 Å². The topological polar surface area (TPSA) is 24.9 Å². The summed E-state index contributed by atoms with van der Waals surface area (Å²) in [5, 5.41) is 7.86. The molecule has 1 aromatic carbocycles. The van der Waals surface area contributed by atoms with Gasteiger partial charge in [0.1, 0.15) is 0 Å². The van der Waals surface area contributed by atoms with Crippen molar-refractivity contribution in [3.05, 3.63) is 50.4 Å². The lowest BCUT2D eigenvalue weighted by Crippen LogP contribution is -2.16. The average Bonchev–Trinajstić information content (AvgIpc) is 2.79. The van der Waals surface area contributed by atoms with Crippen molar-refractivity contribution >= 4 is 34.5 Å². The van der Waals surface area contributed by atoms with Crippen molar-refractivity contribution in [3.63, 3.8) is 0 Å². The van der Waals surface area contributed by atoms with Gasteiger partial charge in [-0.1, -0.05) is 29.3 Å². The number of hydrogen-bond acceptors (Lipinski definition) is 3. The van der Waals surface area contributed by atoms with Crippen LogP contribution < -0.4 is 5.32 Å². The van der Waals surface area contributed by atoms with Crippen molar-refractivity contribution in [1.29, 1.82) is 0 Å². The van der Waals surface area contributed by atoms with Crippen LogP contribution in [0.25, 0.3) is 0 Å². The highest BCUT2D eigenvalue weighted by Gasteiger charge is 2.01. The Morgan fingerprint density at radius 2 is 2.18 bits per heavy atom. The van der Waals surface area contributed by atoms with Crippen molar-refractivity contribution in [2.75, 3.05) is 6.54 Å². The number of hydrogen-bond donors (Lipinski definition) is 1. The summed E-state index contributed by atoms with van der Waals surface area (Å²) in [6, 6.07) is 5.56. The molecular weight excluding hydrogens is 275 g/mol. The lowest BCUT2D eigenvalue weighted by molar-refractivity contribution is 0.685. The molecule has 0 aliphatic rings. The first-order valence-electron chi connectivity index (χ1n) is 5.29. The first kappa shape index (κ1) is 12.8. The molecule has 1 heterocycles. The second-order valence-corrected chi connectivity index (χ2v) is 5.41. The van der Waals surface area contributed by atoms with Crippen molar-refractivity contribution in [2.24, 2.45) is 0 Å². The maximum absolute atomic E-state index is 6.07. The predicted octanol–water partition coefficient (Wildman–Crippen LogP) is 3.78. The fourth-order valence-corrected chi connectivity index (χ4v) is 2.56. The van der Waals surface area contributed by atoms with Crippen LogP contribution in [-0.4, -0.2) is 11.5 Å². The summed E-state index contributed by atoms with van der Waals surface area (Å²) < 4.78 is 0. The number of nitrogens with zero attached hydrogens (tertiary/aromatic N) is 1. The summed E-state index contributed by atoms with van der Waals surface area (Å²) >= 11 is 13.6. The fourth-order valence-electron chi connectivity index (χ4n) is 1.46. The van der Waals surface area contributed by atoms with E-state index in [1.807, 2.05) is 23.7 Å². The molecule has 0 spiro atoms. The van der Waals surface area contributed by atoms with Crippen molar-refractivity contribution in [3.8, 4) is 0 Å². The van der Waals surface area contributed by atoms with Crippen molar-refractivity contribution < 1.29 is 0 Å². The van der Waals surface area contributed by atoms with E-state index in [9.17, 15) is 0 Å². The molecule has 0 bridgehead atoms. The highest BCUT2D eigenvalue weighted by molar-refractivity contribution is 7.09. The molecule has 0 saturated heterocycles. The Balaban J connectivity index is 1.78. The largest absolute Gasteiger partial charge is 0.312 e. The van der Waals surface area contributed by atoms with Crippen LogP contribution in [-0.2, 0) is 13.0 Å². The van der Waals surface area contributed by atoms with Crippen LogP contribution in [0.3, 0.4) is 0 Å². The van der Waals surface area contributed by atoms with E-state index in [0.29, 0.717) is 10.0 Å². The average molecular weight is 287 g/mol. The maximum atomic E-state index is 6.07. The third-order valence-electron chi connectivity index (χ3n) is 2.33. The molecule has 0 saturated carbocycles. The standard InChI is InChI=1S/C12H12Cl2N2S/c13-10-2-1-9(11(14)7-10)8-15-4-3-12-16-5-6-17-12/h1-2,5-7,15H,3-4,8H2. The van der Waals surface area contributed by atoms with E-state index in [1.165, 1.54) is 0 Å². The summed E-state index contributed by atoms with van der Waals surface area (Å²) in [6.07, 6.45) is 2.78. The Bertz CT molecular complexity index is 471. The molecule has 2 rings (SSSR count). The van der Waals surface area contributed by atoms with Crippen LogP contribution in [0.15, 0.2) is 29.8 Å². The number of rotatable bonds is 5. The van der Waals surface area contributed by atoms with Crippen LogP contribution in [0.5, 0.6) is 0 Å². The first-order chi connectivity index (χ1) is 8.25. The number of halogens is 2. The van der Waals surface area contributed by atoms with E-state index < -0.39 is 0 Å². The van der Waals surface area contributed by atoms with Gasteiger partial charge >= 0.3 is 0 Å². The highest BCUT2D eigenvalue weighted by Crippen LogP contribution is 2.20. The van der Waals surface area contributed by atoms with Gasteiger partial charge < -0.3 is 5.32 Å². The van der Waals surface area contributed by atoms with Gasteiger partial charge in [-0.3, -0.25) is 0 Å². The molecule has 0 atom stereocenters. The molecule has 0 aliphatic heterocycles. The Kier molecular flexibility index (Phi) is 4.80. The third-order valence-corrected chi connectivity index (χ3v) is 3.76. The molecule has 17 heavy (non-hydrogen) atoms. The number of thiazole rings is 1. The predicted molar refractivity (Wildman–Crippen MR) is 74.0 cm³/mol. The van der Waals surface area contributed by atoms with Crippen LogP contribution in [0, 0.1) is 0 Å². The summed E-state index contributed by atoms with van der Waals surface area (Å²) in [7, 11) is 0. The van der Waals surface area contributed by atoms with Crippen LogP contribution >= 0.6 is 34.5 Å². The van der Waals surface area contributed by atoms with E-state index in [2.05, 4.69) is 10.3 Å². The van der Waals surface area contributed by atoms with Crippen LogP contribution in [0.4, 0.5) is 0 Å². The molecule has 5 heteroatoms. The second kappa shape index (κ2) is 6.36. The van der Waals surface area contributed by atoms with Crippen LogP contribution in [0.2, 0.25) is 10.0 Å². The summed E-state index contributed by atoms with van der Waals surface area (Å²) in [6.45, 7) is 1.65. The third kappa shape index (κ3) is 3.96. The highest BCUT2D eigenvalue weighted by atomic mass is 35.5. The van der Waals surface area contributed by atoms with E-state index in [0.717, 1.165) is 30.1 Å². The van der Waals surface area contributed by atoms with Gasteiger partial charge in [-0.15, -0.1) is 11.3 Å². The van der Waals surface area contributed by atoms with E-state index in [1.54, 1.807) is 17.4 Å². The summed E-state index contributed by atoms with van der Waals surface area (Å²) in [4.78, 5) is 4.22. The Morgan fingerprint density at radius 1 is 1.29 bits per heavy atom. The second-order valence-electron chi connectivity index (χ2n) is 3.59. The number of aromatic nitrogens is 1. The van der Waals surface area contributed by atoms with E-state index in [-0.39, 0.29) is 0 Å². The SMILES string of the molecule is Clc1ccc(CNCCc2nccs2)c(Cl)c1. The molecule has 1 aromatic heterocycles. The first-order valence-corrected chi connectivity index (χ1v) is 6.92. The molecule has 0 radical (unpaired) electrons. The van der Waals surface area contributed by atoms with Gasteiger partial charge in [-0.25, -0.2) is 4.98 Å². The minimum Gasteiger partial charge on any atom is -0.312 e. The molecule has 0 unspecified atom stereocenters. The summed E-state index contributed by atoms with van der Waals surface area (Å²) in [5.41, 5.74) is 1.07.